The molecule has 1 aliphatic carbocycles. The highest BCUT2D eigenvalue weighted by Crippen LogP contribution is 2.38. The maximum absolute atomic E-state index is 13.4. The summed E-state index contributed by atoms with van der Waals surface area (Å²) in [5.74, 6) is -3.31. The first-order valence-corrected chi connectivity index (χ1v) is 8.69. The predicted molar refractivity (Wildman–Crippen MR) is 91.5 cm³/mol. The Bertz CT molecular complexity index is 796. The SMILES string of the molecule is CC(C)(C)c1nc2cc(C(=O)O)ccn2c1CC1CCC(F)(F)CC1. The minimum atomic E-state index is -2.53. The molecule has 25 heavy (non-hydrogen) atoms. The Balaban J connectivity index is 1.98. The van der Waals surface area contributed by atoms with Crippen molar-refractivity contribution in [1.82, 2.24) is 9.38 Å². The van der Waals surface area contributed by atoms with Crippen molar-refractivity contribution in [2.45, 2.75) is 64.2 Å². The zero-order chi connectivity index (χ0) is 18.4. The lowest BCUT2D eigenvalue weighted by atomic mass is 9.81. The van der Waals surface area contributed by atoms with Crippen molar-refractivity contribution in [2.75, 3.05) is 0 Å². The Kier molecular flexibility index (Phi) is 4.33. The minimum Gasteiger partial charge on any atom is -0.478 e. The molecule has 2 aromatic heterocycles. The van der Waals surface area contributed by atoms with Gasteiger partial charge in [-0.2, -0.15) is 0 Å². The summed E-state index contributed by atoms with van der Waals surface area (Å²) in [5.41, 5.74) is 2.51. The third-order valence-corrected chi connectivity index (χ3v) is 5.00. The van der Waals surface area contributed by atoms with Crippen molar-refractivity contribution in [3.63, 3.8) is 0 Å². The van der Waals surface area contributed by atoms with Crippen LogP contribution in [0.2, 0.25) is 0 Å². The Morgan fingerprint density at radius 2 is 2.00 bits per heavy atom. The molecule has 2 heterocycles. The van der Waals surface area contributed by atoms with Gasteiger partial charge >= 0.3 is 5.97 Å². The van der Waals surface area contributed by atoms with Gasteiger partial charge in [0, 0.05) is 30.1 Å². The maximum atomic E-state index is 13.4. The fraction of sp³-hybridized carbons (Fsp3) is 0.579. The van der Waals surface area contributed by atoms with Crippen LogP contribution in [0.3, 0.4) is 0 Å². The number of alkyl halides is 2. The zero-order valence-electron chi connectivity index (χ0n) is 14.9. The standard InChI is InChI=1S/C19H24F2N2O2/c1-18(2,3)16-14(10-12-4-7-19(20,21)8-5-12)23-9-6-13(17(24)25)11-15(23)22-16/h6,9,11-12H,4-5,7-8,10H2,1-3H3,(H,24,25). The number of carboxylic acids is 1. The Labute approximate surface area is 145 Å². The number of halogens is 2. The van der Waals surface area contributed by atoms with Crippen molar-refractivity contribution >= 4 is 11.6 Å². The molecule has 0 amide bonds. The zero-order valence-corrected chi connectivity index (χ0v) is 14.9. The van der Waals surface area contributed by atoms with Crippen LogP contribution in [0.4, 0.5) is 8.78 Å². The summed E-state index contributed by atoms with van der Waals surface area (Å²) in [6.07, 6.45) is 3.34. The van der Waals surface area contributed by atoms with Crippen molar-refractivity contribution in [2.24, 2.45) is 5.92 Å². The van der Waals surface area contributed by atoms with Crippen LogP contribution in [0.1, 0.15) is 68.2 Å². The Hall–Kier alpha value is -1.98. The van der Waals surface area contributed by atoms with Crippen molar-refractivity contribution in [3.05, 3.63) is 35.3 Å². The van der Waals surface area contributed by atoms with E-state index in [1.165, 1.54) is 0 Å². The van der Waals surface area contributed by atoms with Crippen molar-refractivity contribution in [1.29, 1.82) is 0 Å². The van der Waals surface area contributed by atoms with E-state index >= 15 is 0 Å². The molecule has 0 aromatic carbocycles. The molecule has 6 heteroatoms. The average molecular weight is 350 g/mol. The van der Waals surface area contributed by atoms with Gasteiger partial charge in [-0.3, -0.25) is 0 Å². The molecule has 1 saturated carbocycles. The second-order valence-electron chi connectivity index (χ2n) is 8.11. The first-order valence-electron chi connectivity index (χ1n) is 8.69. The molecule has 1 aliphatic rings. The number of pyridine rings is 1. The molecule has 0 bridgehead atoms. The van der Waals surface area contributed by atoms with Crippen molar-refractivity contribution < 1.29 is 18.7 Å². The lowest BCUT2D eigenvalue weighted by Crippen LogP contribution is -2.26. The summed E-state index contributed by atoms with van der Waals surface area (Å²) in [5, 5.41) is 9.18. The van der Waals surface area contributed by atoms with Crippen LogP contribution in [0, 0.1) is 5.92 Å². The highest BCUT2D eigenvalue weighted by Gasteiger charge is 2.36. The summed E-state index contributed by atoms with van der Waals surface area (Å²) in [4.78, 5) is 15.9. The molecule has 0 radical (unpaired) electrons. The monoisotopic (exact) mass is 350 g/mol. The molecule has 0 unspecified atom stereocenters. The Morgan fingerprint density at radius 1 is 1.36 bits per heavy atom. The van der Waals surface area contributed by atoms with Gasteiger partial charge in [0.15, 0.2) is 0 Å². The van der Waals surface area contributed by atoms with E-state index in [4.69, 9.17) is 0 Å². The molecule has 1 fully saturated rings. The molecule has 1 N–H and O–H groups in total. The van der Waals surface area contributed by atoms with E-state index in [0.717, 1.165) is 11.4 Å². The number of aromatic carboxylic acids is 1. The quantitative estimate of drug-likeness (QED) is 0.873. The average Bonchev–Trinajstić information content (AvgIpc) is 2.87. The van der Waals surface area contributed by atoms with Crippen molar-refractivity contribution in [3.8, 4) is 0 Å². The predicted octanol–water partition coefficient (Wildman–Crippen LogP) is 4.70. The van der Waals surface area contributed by atoms with Gasteiger partial charge in [0.2, 0.25) is 5.92 Å². The summed E-state index contributed by atoms with van der Waals surface area (Å²) in [7, 11) is 0. The lowest BCUT2D eigenvalue weighted by Gasteiger charge is -2.29. The molecule has 0 aliphatic heterocycles. The number of hydrogen-bond donors (Lipinski definition) is 1. The molecular weight excluding hydrogens is 326 g/mol. The summed E-state index contributed by atoms with van der Waals surface area (Å²) < 4.78 is 28.8. The van der Waals surface area contributed by atoms with E-state index in [9.17, 15) is 18.7 Å². The van der Waals surface area contributed by atoms with E-state index in [-0.39, 0.29) is 29.7 Å². The molecule has 3 rings (SSSR count). The van der Waals surface area contributed by atoms with E-state index in [0.29, 0.717) is 24.9 Å². The number of imidazole rings is 1. The maximum Gasteiger partial charge on any atom is 0.335 e. The number of hydrogen-bond acceptors (Lipinski definition) is 2. The van der Waals surface area contributed by atoms with E-state index in [2.05, 4.69) is 25.8 Å². The van der Waals surface area contributed by atoms with Gasteiger partial charge in [-0.15, -0.1) is 0 Å². The number of rotatable bonds is 3. The smallest absolute Gasteiger partial charge is 0.335 e. The van der Waals surface area contributed by atoms with Crippen LogP contribution in [-0.2, 0) is 11.8 Å². The summed E-state index contributed by atoms with van der Waals surface area (Å²) in [6, 6.07) is 3.12. The number of nitrogens with zero attached hydrogens (tertiary/aromatic N) is 2. The van der Waals surface area contributed by atoms with E-state index in [1.807, 2.05) is 4.40 Å². The normalized spacial score (nSPS) is 18.6. The van der Waals surface area contributed by atoms with Gasteiger partial charge in [0.1, 0.15) is 5.65 Å². The fourth-order valence-electron chi connectivity index (χ4n) is 3.60. The third kappa shape index (κ3) is 3.67. The molecule has 2 aromatic rings. The molecule has 0 spiro atoms. The summed E-state index contributed by atoms with van der Waals surface area (Å²) in [6.45, 7) is 6.18. The number of fused-ring (bicyclic) bond motifs is 1. The second-order valence-corrected chi connectivity index (χ2v) is 8.11. The molecular formula is C19H24F2N2O2. The highest BCUT2D eigenvalue weighted by molar-refractivity contribution is 5.88. The molecule has 0 atom stereocenters. The molecule has 136 valence electrons. The van der Waals surface area contributed by atoms with Crippen LogP contribution >= 0.6 is 0 Å². The topological polar surface area (TPSA) is 54.6 Å². The highest BCUT2D eigenvalue weighted by atomic mass is 19.3. The van der Waals surface area contributed by atoms with Gasteiger partial charge in [-0.1, -0.05) is 20.8 Å². The van der Waals surface area contributed by atoms with Gasteiger partial charge in [-0.05, 0) is 37.3 Å². The fourth-order valence-corrected chi connectivity index (χ4v) is 3.60. The first kappa shape index (κ1) is 17.8. The van der Waals surface area contributed by atoms with Crippen LogP contribution in [-0.4, -0.2) is 26.4 Å². The second kappa shape index (κ2) is 6.07. The minimum absolute atomic E-state index is 0.0532. The first-order chi connectivity index (χ1) is 11.6. The molecule has 4 nitrogen and oxygen atoms in total. The van der Waals surface area contributed by atoms with Crippen LogP contribution in [0.5, 0.6) is 0 Å². The van der Waals surface area contributed by atoms with Crippen LogP contribution < -0.4 is 0 Å². The lowest BCUT2D eigenvalue weighted by molar-refractivity contribution is -0.0457. The largest absolute Gasteiger partial charge is 0.478 e. The Morgan fingerprint density at radius 3 is 2.56 bits per heavy atom. The summed E-state index contributed by atoms with van der Waals surface area (Å²) >= 11 is 0. The van der Waals surface area contributed by atoms with Gasteiger partial charge in [0.05, 0.1) is 11.3 Å². The molecule has 0 saturated heterocycles. The van der Waals surface area contributed by atoms with Gasteiger partial charge in [-0.25, -0.2) is 18.6 Å². The number of carbonyl (C=O) groups is 1. The van der Waals surface area contributed by atoms with E-state index < -0.39 is 11.9 Å². The van der Waals surface area contributed by atoms with E-state index in [1.54, 1.807) is 18.3 Å². The number of carboxylic acid groups (broad SMARTS) is 1. The number of aromatic nitrogens is 2. The van der Waals surface area contributed by atoms with Crippen LogP contribution in [0.25, 0.3) is 5.65 Å². The van der Waals surface area contributed by atoms with Gasteiger partial charge < -0.3 is 9.51 Å². The van der Waals surface area contributed by atoms with Gasteiger partial charge in [0.25, 0.3) is 0 Å². The van der Waals surface area contributed by atoms with Crippen LogP contribution in [0.15, 0.2) is 18.3 Å². The third-order valence-electron chi connectivity index (χ3n) is 5.00.